The highest BCUT2D eigenvalue weighted by Crippen LogP contribution is 2.24. The molecule has 2 atom stereocenters. The zero-order chi connectivity index (χ0) is 12.5. The topological polar surface area (TPSA) is 54.4 Å². The van der Waals surface area contributed by atoms with Gasteiger partial charge in [0, 0.05) is 10.9 Å². The van der Waals surface area contributed by atoms with E-state index in [0.29, 0.717) is 17.9 Å². The van der Waals surface area contributed by atoms with Gasteiger partial charge in [0.25, 0.3) is 0 Å². The molecule has 1 saturated heterocycles. The van der Waals surface area contributed by atoms with Crippen molar-refractivity contribution in [1.29, 1.82) is 0 Å². The molecule has 1 aromatic rings. The van der Waals surface area contributed by atoms with Crippen molar-refractivity contribution in [2.75, 3.05) is 11.5 Å². The number of halogens is 1. The Balaban J connectivity index is 2.00. The Labute approximate surface area is 106 Å². The molecule has 0 spiro atoms. The maximum Gasteiger partial charge on any atom is 0.150 e. The molecule has 1 heterocycles. The van der Waals surface area contributed by atoms with Crippen molar-refractivity contribution in [3.63, 3.8) is 0 Å². The molecule has 0 amide bonds. The minimum absolute atomic E-state index is 0.106. The first-order valence-corrected chi connectivity index (χ1v) is 7.79. The smallest absolute Gasteiger partial charge is 0.150 e. The molecule has 5 heteroatoms. The third kappa shape index (κ3) is 3.44. The van der Waals surface area contributed by atoms with Crippen molar-refractivity contribution < 1.29 is 13.5 Å². The summed E-state index contributed by atoms with van der Waals surface area (Å²) in [5.74, 6) is 0.165. The van der Waals surface area contributed by atoms with E-state index in [-0.39, 0.29) is 17.4 Å². The quantitative estimate of drug-likeness (QED) is 0.912. The van der Waals surface area contributed by atoms with Gasteiger partial charge in [-0.1, -0.05) is 23.7 Å². The standard InChI is InChI=1S/C12H15ClO3S/c13-11-3-1-2-9(6-11)7-12(14)10-4-5-17(15,16)8-10/h1-3,6,10,12,14H,4-5,7-8H2. The fraction of sp³-hybridized carbons (Fsp3) is 0.500. The van der Waals surface area contributed by atoms with E-state index in [2.05, 4.69) is 0 Å². The Morgan fingerprint density at radius 3 is 2.82 bits per heavy atom. The maximum absolute atomic E-state index is 11.3. The average molecular weight is 275 g/mol. The second kappa shape index (κ2) is 4.96. The van der Waals surface area contributed by atoms with Gasteiger partial charge in [-0.15, -0.1) is 0 Å². The van der Waals surface area contributed by atoms with Crippen molar-refractivity contribution in [1.82, 2.24) is 0 Å². The Morgan fingerprint density at radius 2 is 2.24 bits per heavy atom. The van der Waals surface area contributed by atoms with Crippen LogP contribution in [0.2, 0.25) is 5.02 Å². The third-order valence-corrected chi connectivity index (χ3v) is 5.17. The summed E-state index contributed by atoms with van der Waals surface area (Å²) < 4.78 is 22.6. The lowest BCUT2D eigenvalue weighted by molar-refractivity contribution is 0.120. The molecule has 1 fully saturated rings. The molecule has 94 valence electrons. The van der Waals surface area contributed by atoms with Crippen LogP contribution in [0, 0.1) is 5.92 Å². The molecule has 0 bridgehead atoms. The van der Waals surface area contributed by atoms with E-state index in [0.717, 1.165) is 5.56 Å². The van der Waals surface area contributed by atoms with E-state index in [4.69, 9.17) is 11.6 Å². The van der Waals surface area contributed by atoms with Gasteiger partial charge in [0.05, 0.1) is 17.6 Å². The molecular weight excluding hydrogens is 260 g/mol. The molecule has 1 N–H and O–H groups in total. The number of aliphatic hydroxyl groups excluding tert-OH is 1. The highest BCUT2D eigenvalue weighted by Gasteiger charge is 2.32. The molecule has 0 radical (unpaired) electrons. The first-order valence-electron chi connectivity index (χ1n) is 5.59. The fourth-order valence-corrected chi connectivity index (χ4v) is 4.28. The summed E-state index contributed by atoms with van der Waals surface area (Å²) in [5, 5.41) is 10.7. The molecule has 1 aromatic carbocycles. The summed E-state index contributed by atoms with van der Waals surface area (Å²) in [6.45, 7) is 0. The van der Waals surface area contributed by atoms with Crippen molar-refractivity contribution in [2.24, 2.45) is 5.92 Å². The maximum atomic E-state index is 11.3. The lowest BCUT2D eigenvalue weighted by Crippen LogP contribution is -2.23. The van der Waals surface area contributed by atoms with Crippen LogP contribution in [0.15, 0.2) is 24.3 Å². The zero-order valence-electron chi connectivity index (χ0n) is 9.34. The highest BCUT2D eigenvalue weighted by molar-refractivity contribution is 7.91. The summed E-state index contributed by atoms with van der Waals surface area (Å²) in [5.41, 5.74) is 0.939. The molecule has 2 unspecified atom stereocenters. The number of sulfone groups is 1. The summed E-state index contributed by atoms with van der Waals surface area (Å²) in [7, 11) is -2.93. The average Bonchev–Trinajstić information content (AvgIpc) is 2.59. The van der Waals surface area contributed by atoms with Gasteiger partial charge in [-0.25, -0.2) is 8.42 Å². The minimum atomic E-state index is -2.93. The molecule has 0 saturated carbocycles. The first-order chi connectivity index (χ1) is 7.96. The van der Waals surface area contributed by atoms with Crippen LogP contribution in [-0.2, 0) is 16.3 Å². The van der Waals surface area contributed by atoms with Crippen LogP contribution < -0.4 is 0 Å². The van der Waals surface area contributed by atoms with E-state index in [1.807, 2.05) is 12.1 Å². The van der Waals surface area contributed by atoms with Crippen LogP contribution in [0.5, 0.6) is 0 Å². The molecule has 17 heavy (non-hydrogen) atoms. The highest BCUT2D eigenvalue weighted by atomic mass is 35.5. The van der Waals surface area contributed by atoms with Crippen molar-refractivity contribution in [2.45, 2.75) is 18.9 Å². The van der Waals surface area contributed by atoms with Gasteiger partial charge >= 0.3 is 0 Å². The van der Waals surface area contributed by atoms with Crippen LogP contribution in [0.25, 0.3) is 0 Å². The van der Waals surface area contributed by atoms with Crippen molar-refractivity contribution >= 4 is 21.4 Å². The van der Waals surface area contributed by atoms with Crippen molar-refractivity contribution in [3.8, 4) is 0 Å². The summed E-state index contributed by atoms with van der Waals surface area (Å²) >= 11 is 5.86. The van der Waals surface area contributed by atoms with Crippen LogP contribution in [0.1, 0.15) is 12.0 Å². The van der Waals surface area contributed by atoms with Gasteiger partial charge in [0.1, 0.15) is 0 Å². The lowest BCUT2D eigenvalue weighted by Gasteiger charge is -2.16. The third-order valence-electron chi connectivity index (χ3n) is 3.15. The molecular formula is C12H15ClO3S. The van der Waals surface area contributed by atoms with Gasteiger partial charge in [-0.05, 0) is 30.5 Å². The van der Waals surface area contributed by atoms with Crippen LogP contribution >= 0.6 is 11.6 Å². The molecule has 1 aliphatic rings. The monoisotopic (exact) mass is 274 g/mol. The summed E-state index contributed by atoms with van der Waals surface area (Å²) in [4.78, 5) is 0. The Kier molecular flexibility index (Phi) is 3.76. The predicted molar refractivity (Wildman–Crippen MR) is 67.9 cm³/mol. The number of aliphatic hydroxyl groups is 1. The number of benzene rings is 1. The Morgan fingerprint density at radius 1 is 1.47 bits per heavy atom. The summed E-state index contributed by atoms with van der Waals surface area (Å²) in [6, 6.07) is 7.29. The predicted octanol–water partition coefficient (Wildman–Crippen LogP) is 1.68. The Hall–Kier alpha value is -0.580. The van der Waals surface area contributed by atoms with E-state index in [9.17, 15) is 13.5 Å². The number of hydrogen-bond acceptors (Lipinski definition) is 3. The SMILES string of the molecule is O=S1(=O)CCC(C(O)Cc2cccc(Cl)c2)C1. The zero-order valence-corrected chi connectivity index (χ0v) is 10.9. The normalized spacial score (nSPS) is 24.7. The van der Waals surface area contributed by atoms with Gasteiger partial charge in [0.2, 0.25) is 0 Å². The number of rotatable bonds is 3. The number of hydrogen-bond donors (Lipinski definition) is 1. The Bertz CT molecular complexity index is 498. The van der Waals surface area contributed by atoms with Crippen LogP contribution in [0.3, 0.4) is 0 Å². The van der Waals surface area contributed by atoms with E-state index in [1.54, 1.807) is 12.1 Å². The first kappa shape index (κ1) is 12.9. The second-order valence-corrected chi connectivity index (χ2v) is 7.23. The second-order valence-electron chi connectivity index (χ2n) is 4.56. The lowest BCUT2D eigenvalue weighted by atomic mass is 9.96. The molecule has 0 aromatic heterocycles. The van der Waals surface area contributed by atoms with E-state index >= 15 is 0 Å². The minimum Gasteiger partial charge on any atom is -0.392 e. The largest absolute Gasteiger partial charge is 0.392 e. The molecule has 2 rings (SSSR count). The van der Waals surface area contributed by atoms with E-state index < -0.39 is 15.9 Å². The van der Waals surface area contributed by atoms with Crippen LogP contribution in [0.4, 0.5) is 0 Å². The van der Waals surface area contributed by atoms with Gasteiger partial charge in [0.15, 0.2) is 9.84 Å². The molecule has 3 nitrogen and oxygen atoms in total. The molecule has 1 aliphatic heterocycles. The summed E-state index contributed by atoms with van der Waals surface area (Å²) in [6.07, 6.45) is 0.413. The molecule has 0 aliphatic carbocycles. The van der Waals surface area contributed by atoms with Gasteiger partial charge in [-0.3, -0.25) is 0 Å². The van der Waals surface area contributed by atoms with Gasteiger partial charge < -0.3 is 5.11 Å². The van der Waals surface area contributed by atoms with Crippen molar-refractivity contribution in [3.05, 3.63) is 34.9 Å². The van der Waals surface area contributed by atoms with Gasteiger partial charge in [-0.2, -0.15) is 0 Å². The fourth-order valence-electron chi connectivity index (χ4n) is 2.20. The van der Waals surface area contributed by atoms with E-state index in [1.165, 1.54) is 0 Å². The van der Waals surface area contributed by atoms with Crippen LogP contribution in [-0.4, -0.2) is 31.1 Å².